The average Bonchev–Trinajstić information content (AvgIpc) is 2.69. The zero-order chi connectivity index (χ0) is 21.6. The van der Waals surface area contributed by atoms with E-state index in [1.807, 2.05) is 69.3 Å². The number of nitrogens with one attached hydrogen (secondary N) is 2. The van der Waals surface area contributed by atoms with Crippen LogP contribution in [-0.2, 0) is 14.4 Å². The Bertz CT molecular complexity index is 910. The van der Waals surface area contributed by atoms with Crippen LogP contribution < -0.4 is 15.5 Å². The minimum atomic E-state index is -1.15. The Labute approximate surface area is 172 Å². The van der Waals surface area contributed by atoms with Gasteiger partial charge in [-0.25, -0.2) is 0 Å². The van der Waals surface area contributed by atoms with Gasteiger partial charge in [-0.2, -0.15) is 0 Å². The molecule has 1 atom stereocenters. The molecular weight excluding hydrogens is 366 g/mol. The van der Waals surface area contributed by atoms with Crippen LogP contribution in [0.4, 0.5) is 11.4 Å². The van der Waals surface area contributed by atoms with Gasteiger partial charge in [0.15, 0.2) is 0 Å². The summed E-state index contributed by atoms with van der Waals surface area (Å²) in [5, 5.41) is 5.52. The van der Waals surface area contributed by atoms with Crippen LogP contribution in [-0.4, -0.2) is 29.8 Å². The van der Waals surface area contributed by atoms with Gasteiger partial charge in [-0.1, -0.05) is 43.3 Å². The van der Waals surface area contributed by atoms with Gasteiger partial charge in [0, 0.05) is 18.3 Å². The minimum Gasteiger partial charge on any atom is -0.347 e. The molecule has 2 aromatic rings. The van der Waals surface area contributed by atoms with Gasteiger partial charge < -0.3 is 10.6 Å². The van der Waals surface area contributed by atoms with Gasteiger partial charge in [0.2, 0.25) is 17.7 Å². The van der Waals surface area contributed by atoms with E-state index in [0.717, 1.165) is 11.1 Å². The van der Waals surface area contributed by atoms with Gasteiger partial charge in [-0.15, -0.1) is 0 Å². The molecule has 2 aromatic carbocycles. The van der Waals surface area contributed by atoms with Gasteiger partial charge in [0.05, 0.1) is 6.54 Å². The molecule has 0 aromatic heterocycles. The molecule has 0 aliphatic heterocycles. The Morgan fingerprint density at radius 3 is 2.10 bits per heavy atom. The molecule has 154 valence electrons. The number of anilines is 2. The number of carbonyl (C=O) groups is 3. The predicted octanol–water partition coefficient (Wildman–Crippen LogP) is 3.58. The van der Waals surface area contributed by atoms with Crippen molar-refractivity contribution in [1.82, 2.24) is 5.32 Å². The maximum atomic E-state index is 13.4. The third-order valence-corrected chi connectivity index (χ3v) is 5.16. The average molecular weight is 396 g/mol. The molecule has 29 heavy (non-hydrogen) atoms. The monoisotopic (exact) mass is 395 g/mol. The van der Waals surface area contributed by atoms with Crippen LogP contribution in [0.25, 0.3) is 0 Å². The van der Waals surface area contributed by atoms with Gasteiger partial charge >= 0.3 is 0 Å². The van der Waals surface area contributed by atoms with E-state index < -0.39 is 5.54 Å². The topological polar surface area (TPSA) is 78.5 Å². The lowest BCUT2D eigenvalue weighted by Crippen LogP contribution is -2.59. The summed E-state index contributed by atoms with van der Waals surface area (Å²) < 4.78 is 0. The Hall–Kier alpha value is -3.15. The van der Waals surface area contributed by atoms with E-state index in [2.05, 4.69) is 10.6 Å². The number of amides is 3. The molecule has 6 nitrogen and oxygen atoms in total. The Kier molecular flexibility index (Phi) is 7.15. The van der Waals surface area contributed by atoms with Crippen molar-refractivity contribution in [1.29, 1.82) is 0 Å². The molecule has 0 unspecified atom stereocenters. The second-order valence-electron chi connectivity index (χ2n) is 7.32. The van der Waals surface area contributed by atoms with Crippen molar-refractivity contribution in [2.24, 2.45) is 0 Å². The van der Waals surface area contributed by atoms with Gasteiger partial charge in [-0.05, 0) is 50.5 Å². The first-order chi connectivity index (χ1) is 13.7. The highest BCUT2D eigenvalue weighted by molar-refractivity contribution is 6.09. The van der Waals surface area contributed by atoms with Crippen molar-refractivity contribution < 1.29 is 14.4 Å². The second kappa shape index (κ2) is 9.37. The molecule has 2 N–H and O–H groups in total. The molecule has 0 bridgehead atoms. The van der Waals surface area contributed by atoms with E-state index in [9.17, 15) is 14.4 Å². The number of aryl methyl sites for hydroxylation is 2. The van der Waals surface area contributed by atoms with Crippen LogP contribution >= 0.6 is 0 Å². The highest BCUT2D eigenvalue weighted by Crippen LogP contribution is 2.31. The summed E-state index contributed by atoms with van der Waals surface area (Å²) in [6.45, 7) is 8.60. The van der Waals surface area contributed by atoms with Crippen LogP contribution in [0.2, 0.25) is 0 Å². The third kappa shape index (κ3) is 5.02. The highest BCUT2D eigenvalue weighted by atomic mass is 16.2. The van der Waals surface area contributed by atoms with Crippen LogP contribution in [0.1, 0.15) is 38.3 Å². The fourth-order valence-corrected chi connectivity index (χ4v) is 3.16. The SMILES string of the molecule is CC[C@](C)(C(=O)Nc1ccccc1C)N(C(=O)CNC(C)=O)c1ccccc1C. The maximum absolute atomic E-state index is 13.4. The normalized spacial score (nSPS) is 12.6. The summed E-state index contributed by atoms with van der Waals surface area (Å²) >= 11 is 0. The lowest BCUT2D eigenvalue weighted by atomic mass is 9.92. The number of hydrogen-bond donors (Lipinski definition) is 2. The molecule has 0 aliphatic rings. The summed E-state index contributed by atoms with van der Waals surface area (Å²) in [6, 6.07) is 14.9. The molecule has 3 amide bonds. The highest BCUT2D eigenvalue weighted by Gasteiger charge is 2.42. The minimum absolute atomic E-state index is 0.184. The summed E-state index contributed by atoms with van der Waals surface area (Å²) in [4.78, 5) is 39.4. The lowest BCUT2D eigenvalue weighted by Gasteiger charge is -2.40. The zero-order valence-corrected chi connectivity index (χ0v) is 17.7. The van der Waals surface area contributed by atoms with Crippen molar-refractivity contribution in [2.45, 2.75) is 46.6 Å². The van der Waals surface area contributed by atoms with Crippen molar-refractivity contribution in [3.63, 3.8) is 0 Å². The van der Waals surface area contributed by atoms with E-state index in [1.165, 1.54) is 11.8 Å². The van der Waals surface area contributed by atoms with Crippen LogP contribution in [0.3, 0.4) is 0 Å². The first-order valence-corrected chi connectivity index (χ1v) is 9.71. The molecule has 0 aliphatic carbocycles. The summed E-state index contributed by atoms with van der Waals surface area (Å²) in [7, 11) is 0. The Morgan fingerprint density at radius 2 is 1.55 bits per heavy atom. The standard InChI is InChI=1S/C23H29N3O3/c1-6-23(5,22(29)25-19-13-9-7-11-16(19)2)26(21(28)15-24-18(4)27)20-14-10-8-12-17(20)3/h7-14H,6,15H2,1-5H3,(H,24,27)(H,25,29)/t23-/m1/s1. The molecule has 0 heterocycles. The summed E-state index contributed by atoms with van der Waals surface area (Å²) in [6.07, 6.45) is 0.394. The summed E-state index contributed by atoms with van der Waals surface area (Å²) in [5.41, 5.74) is 2.01. The number of para-hydroxylation sites is 2. The molecule has 0 saturated heterocycles. The van der Waals surface area contributed by atoms with Crippen molar-refractivity contribution in [2.75, 3.05) is 16.8 Å². The smallest absolute Gasteiger partial charge is 0.250 e. The van der Waals surface area contributed by atoms with Crippen molar-refractivity contribution in [3.05, 3.63) is 59.7 Å². The molecule has 0 fully saturated rings. The molecule has 0 saturated carbocycles. The van der Waals surface area contributed by atoms with E-state index in [4.69, 9.17) is 0 Å². The second-order valence-corrected chi connectivity index (χ2v) is 7.32. The quantitative estimate of drug-likeness (QED) is 0.752. The van der Waals surface area contributed by atoms with Crippen LogP contribution in [0.15, 0.2) is 48.5 Å². The third-order valence-electron chi connectivity index (χ3n) is 5.16. The van der Waals surface area contributed by atoms with Gasteiger partial charge in [-0.3, -0.25) is 19.3 Å². The predicted molar refractivity (Wildman–Crippen MR) is 116 cm³/mol. The van der Waals surface area contributed by atoms with Crippen molar-refractivity contribution >= 4 is 29.1 Å². The molecule has 0 radical (unpaired) electrons. The Morgan fingerprint density at radius 1 is 0.966 bits per heavy atom. The maximum Gasteiger partial charge on any atom is 0.250 e. The molecule has 2 rings (SSSR count). The Balaban J connectivity index is 2.48. The van der Waals surface area contributed by atoms with E-state index in [1.54, 1.807) is 6.92 Å². The largest absolute Gasteiger partial charge is 0.347 e. The number of carbonyl (C=O) groups excluding carboxylic acids is 3. The first-order valence-electron chi connectivity index (χ1n) is 9.71. The zero-order valence-electron chi connectivity index (χ0n) is 17.7. The first kappa shape index (κ1) is 22.1. The number of rotatable bonds is 7. The van der Waals surface area contributed by atoms with Gasteiger partial charge in [0.1, 0.15) is 5.54 Å². The van der Waals surface area contributed by atoms with Gasteiger partial charge in [0.25, 0.3) is 0 Å². The molecule has 0 spiro atoms. The van der Waals surface area contributed by atoms with Crippen LogP contribution in [0, 0.1) is 13.8 Å². The van der Waals surface area contributed by atoms with Crippen molar-refractivity contribution in [3.8, 4) is 0 Å². The fraction of sp³-hybridized carbons (Fsp3) is 0.348. The van der Waals surface area contributed by atoms with Crippen LogP contribution in [0.5, 0.6) is 0 Å². The van der Waals surface area contributed by atoms with E-state index in [0.29, 0.717) is 17.8 Å². The fourth-order valence-electron chi connectivity index (χ4n) is 3.16. The van der Waals surface area contributed by atoms with E-state index >= 15 is 0 Å². The number of hydrogen-bond acceptors (Lipinski definition) is 3. The molecular formula is C23H29N3O3. The lowest BCUT2D eigenvalue weighted by molar-refractivity contribution is -0.127. The van der Waals surface area contributed by atoms with E-state index in [-0.39, 0.29) is 24.3 Å². The summed E-state index contributed by atoms with van der Waals surface area (Å²) in [5.74, 6) is -0.932. The number of benzene rings is 2. The number of nitrogens with zero attached hydrogens (tertiary/aromatic N) is 1. The molecule has 6 heteroatoms.